The van der Waals surface area contributed by atoms with Gasteiger partial charge in [-0.3, -0.25) is 9.59 Å². The van der Waals surface area contributed by atoms with Crippen LogP contribution in [0.1, 0.15) is 43.5 Å². The third kappa shape index (κ3) is 3.97. The third-order valence-electron chi connectivity index (χ3n) is 3.40. The molecule has 0 aromatic heterocycles. The number of ether oxygens (including phenoxy) is 2. The highest BCUT2D eigenvalue weighted by Gasteiger charge is 2.26. The molecule has 0 amide bonds. The van der Waals surface area contributed by atoms with Gasteiger partial charge in [0.1, 0.15) is 11.4 Å². The first-order valence-electron chi connectivity index (χ1n) is 7.08. The summed E-state index contributed by atoms with van der Waals surface area (Å²) in [5.74, 6) is 0.497. The zero-order valence-corrected chi connectivity index (χ0v) is 12.7. The highest BCUT2D eigenvalue weighted by atomic mass is 16.5. The van der Waals surface area contributed by atoms with Gasteiger partial charge < -0.3 is 14.8 Å². The molecule has 114 valence electrons. The molecule has 0 saturated heterocycles. The molecule has 0 bridgehead atoms. The van der Waals surface area contributed by atoms with E-state index in [1.54, 1.807) is 6.07 Å². The van der Waals surface area contributed by atoms with Crippen molar-refractivity contribution in [1.82, 2.24) is 0 Å². The predicted molar refractivity (Wildman–Crippen MR) is 79.8 cm³/mol. The van der Waals surface area contributed by atoms with E-state index in [1.165, 1.54) is 7.11 Å². The quantitative estimate of drug-likeness (QED) is 0.667. The van der Waals surface area contributed by atoms with Gasteiger partial charge in [0.2, 0.25) is 0 Å². The SMILES string of the molecule is COC(=O)CCCC(=O)c1ccc2c(c1)NCC(C)(C)O2. The van der Waals surface area contributed by atoms with E-state index in [2.05, 4.69) is 10.1 Å². The molecule has 1 aliphatic heterocycles. The number of ketones is 1. The van der Waals surface area contributed by atoms with Crippen molar-refractivity contribution in [3.8, 4) is 5.75 Å². The molecule has 1 aromatic rings. The fourth-order valence-corrected chi connectivity index (χ4v) is 2.21. The second-order valence-electron chi connectivity index (χ2n) is 5.78. The molecule has 5 heteroatoms. The molecule has 21 heavy (non-hydrogen) atoms. The lowest BCUT2D eigenvalue weighted by Crippen LogP contribution is -2.40. The van der Waals surface area contributed by atoms with E-state index in [0.29, 0.717) is 24.9 Å². The minimum atomic E-state index is -0.287. The van der Waals surface area contributed by atoms with Crippen LogP contribution in [0.4, 0.5) is 5.69 Å². The van der Waals surface area contributed by atoms with Crippen molar-refractivity contribution >= 4 is 17.4 Å². The van der Waals surface area contributed by atoms with Crippen molar-refractivity contribution in [3.63, 3.8) is 0 Å². The van der Waals surface area contributed by atoms with Crippen molar-refractivity contribution in [2.75, 3.05) is 19.0 Å². The Morgan fingerprint density at radius 2 is 2.10 bits per heavy atom. The summed E-state index contributed by atoms with van der Waals surface area (Å²) in [5, 5.41) is 3.28. The highest BCUT2D eigenvalue weighted by molar-refractivity contribution is 5.97. The van der Waals surface area contributed by atoms with Crippen LogP contribution in [0.2, 0.25) is 0 Å². The van der Waals surface area contributed by atoms with Gasteiger partial charge in [0, 0.05) is 18.4 Å². The molecule has 5 nitrogen and oxygen atoms in total. The second kappa shape index (κ2) is 6.16. The number of carbonyl (C=O) groups is 2. The summed E-state index contributed by atoms with van der Waals surface area (Å²) in [6, 6.07) is 5.39. The second-order valence-corrected chi connectivity index (χ2v) is 5.78. The minimum Gasteiger partial charge on any atom is -0.484 e. The smallest absolute Gasteiger partial charge is 0.305 e. The van der Waals surface area contributed by atoms with E-state index < -0.39 is 0 Å². The van der Waals surface area contributed by atoms with Gasteiger partial charge in [-0.25, -0.2) is 0 Å². The Morgan fingerprint density at radius 1 is 1.33 bits per heavy atom. The fourth-order valence-electron chi connectivity index (χ4n) is 2.21. The summed E-state index contributed by atoms with van der Waals surface area (Å²) >= 11 is 0. The molecule has 0 aliphatic carbocycles. The molecule has 0 radical (unpaired) electrons. The van der Waals surface area contributed by atoms with Crippen LogP contribution in [0.25, 0.3) is 0 Å². The number of hydrogen-bond acceptors (Lipinski definition) is 5. The van der Waals surface area contributed by atoms with Gasteiger partial charge in [0.15, 0.2) is 5.78 Å². The average Bonchev–Trinajstić information content (AvgIpc) is 2.45. The number of methoxy groups -OCH3 is 1. The van der Waals surface area contributed by atoms with Crippen LogP contribution in [-0.2, 0) is 9.53 Å². The van der Waals surface area contributed by atoms with Crippen molar-refractivity contribution in [2.24, 2.45) is 0 Å². The van der Waals surface area contributed by atoms with Crippen molar-refractivity contribution < 1.29 is 19.1 Å². The number of nitrogens with one attached hydrogen (secondary N) is 1. The Morgan fingerprint density at radius 3 is 2.81 bits per heavy atom. The summed E-state index contributed by atoms with van der Waals surface area (Å²) in [5.41, 5.74) is 1.22. The van der Waals surface area contributed by atoms with Crippen LogP contribution in [0.5, 0.6) is 5.75 Å². The number of rotatable bonds is 5. The average molecular weight is 291 g/mol. The van der Waals surface area contributed by atoms with E-state index in [1.807, 2.05) is 26.0 Å². The number of benzene rings is 1. The van der Waals surface area contributed by atoms with Gasteiger partial charge in [-0.2, -0.15) is 0 Å². The zero-order chi connectivity index (χ0) is 15.5. The molecule has 0 saturated carbocycles. The maximum absolute atomic E-state index is 12.1. The van der Waals surface area contributed by atoms with E-state index in [9.17, 15) is 9.59 Å². The van der Waals surface area contributed by atoms with Crippen LogP contribution < -0.4 is 10.1 Å². The Hall–Kier alpha value is -2.04. The summed E-state index contributed by atoms with van der Waals surface area (Å²) in [6.45, 7) is 4.71. The van der Waals surface area contributed by atoms with Crippen molar-refractivity contribution in [2.45, 2.75) is 38.7 Å². The number of fused-ring (bicyclic) bond motifs is 1. The van der Waals surface area contributed by atoms with Gasteiger partial charge in [-0.1, -0.05) is 0 Å². The lowest BCUT2D eigenvalue weighted by molar-refractivity contribution is -0.140. The number of hydrogen-bond donors (Lipinski definition) is 1. The number of anilines is 1. The molecule has 1 aliphatic rings. The molecular formula is C16H21NO4. The lowest BCUT2D eigenvalue weighted by atomic mass is 10.0. The summed E-state index contributed by atoms with van der Waals surface area (Å²) < 4.78 is 10.4. The maximum atomic E-state index is 12.1. The summed E-state index contributed by atoms with van der Waals surface area (Å²) in [6.07, 6.45) is 1.10. The van der Waals surface area contributed by atoms with Crippen LogP contribution in [-0.4, -0.2) is 31.0 Å². The van der Waals surface area contributed by atoms with E-state index in [-0.39, 0.29) is 23.8 Å². The molecule has 0 fully saturated rings. The summed E-state index contributed by atoms with van der Waals surface area (Å²) in [7, 11) is 1.35. The van der Waals surface area contributed by atoms with Crippen molar-refractivity contribution in [3.05, 3.63) is 23.8 Å². The lowest BCUT2D eigenvalue weighted by Gasteiger charge is -2.33. The first-order chi connectivity index (χ1) is 9.91. The zero-order valence-electron chi connectivity index (χ0n) is 12.7. The van der Waals surface area contributed by atoms with E-state index in [4.69, 9.17) is 4.74 Å². The van der Waals surface area contributed by atoms with Crippen LogP contribution in [0, 0.1) is 0 Å². The molecule has 1 heterocycles. The Kier molecular flexibility index (Phi) is 4.50. The number of esters is 1. The fraction of sp³-hybridized carbons (Fsp3) is 0.500. The first kappa shape index (κ1) is 15.4. The van der Waals surface area contributed by atoms with Gasteiger partial charge >= 0.3 is 5.97 Å². The molecular weight excluding hydrogens is 270 g/mol. The van der Waals surface area contributed by atoms with E-state index in [0.717, 1.165) is 11.4 Å². The standard InChI is InChI=1S/C16H21NO4/c1-16(2)10-17-12-9-11(7-8-14(12)21-16)13(18)5-4-6-15(19)20-3/h7-9,17H,4-6,10H2,1-3H3. The van der Waals surface area contributed by atoms with Gasteiger partial charge in [-0.05, 0) is 38.5 Å². The Labute approximate surface area is 124 Å². The predicted octanol–water partition coefficient (Wildman–Crippen LogP) is 2.80. The van der Waals surface area contributed by atoms with Crippen molar-refractivity contribution in [1.29, 1.82) is 0 Å². The monoisotopic (exact) mass is 291 g/mol. The number of Topliss-reactive ketones (excluding diaryl/α,β-unsaturated/α-hetero) is 1. The normalized spacial score (nSPS) is 15.4. The number of carbonyl (C=O) groups excluding carboxylic acids is 2. The molecule has 1 N–H and O–H groups in total. The molecule has 1 aromatic carbocycles. The maximum Gasteiger partial charge on any atom is 0.305 e. The molecule has 0 atom stereocenters. The molecule has 2 rings (SSSR count). The van der Waals surface area contributed by atoms with Gasteiger partial charge in [0.25, 0.3) is 0 Å². The van der Waals surface area contributed by atoms with Crippen LogP contribution in [0.15, 0.2) is 18.2 Å². The molecule has 0 unspecified atom stereocenters. The first-order valence-corrected chi connectivity index (χ1v) is 7.08. The summed E-state index contributed by atoms with van der Waals surface area (Å²) in [4.78, 5) is 23.1. The van der Waals surface area contributed by atoms with Gasteiger partial charge in [-0.15, -0.1) is 0 Å². The third-order valence-corrected chi connectivity index (χ3v) is 3.40. The topological polar surface area (TPSA) is 64.6 Å². The minimum absolute atomic E-state index is 0.0216. The Balaban J connectivity index is 1.99. The van der Waals surface area contributed by atoms with Crippen LogP contribution >= 0.6 is 0 Å². The highest BCUT2D eigenvalue weighted by Crippen LogP contribution is 2.33. The van der Waals surface area contributed by atoms with Crippen LogP contribution in [0.3, 0.4) is 0 Å². The molecule has 0 spiro atoms. The largest absolute Gasteiger partial charge is 0.484 e. The van der Waals surface area contributed by atoms with E-state index >= 15 is 0 Å². The Bertz CT molecular complexity index is 551. The van der Waals surface area contributed by atoms with Gasteiger partial charge in [0.05, 0.1) is 19.3 Å².